The molecule has 0 aromatic carbocycles. The Labute approximate surface area is 132 Å². The van der Waals surface area contributed by atoms with E-state index in [4.69, 9.17) is 0 Å². The zero-order valence-corrected chi connectivity index (χ0v) is 13.6. The standard InChI is InChI=1S/C17H26N4O/c1-14-12-19(2)10-11-21(14)17(22)15-6-5-9-20(13-15)16-7-3-4-8-18-16/h3-4,7-8,14-15H,5-6,9-13H2,1-2H3/t14-,15+/m1/s1. The Morgan fingerprint density at radius 1 is 1.23 bits per heavy atom. The molecule has 3 heterocycles. The highest BCUT2D eigenvalue weighted by atomic mass is 16.2. The number of rotatable bonds is 2. The summed E-state index contributed by atoms with van der Waals surface area (Å²) < 4.78 is 0. The number of likely N-dealkylation sites (N-methyl/N-ethyl adjacent to an activating group) is 1. The van der Waals surface area contributed by atoms with Crippen LogP contribution in [0.1, 0.15) is 19.8 Å². The van der Waals surface area contributed by atoms with E-state index < -0.39 is 0 Å². The summed E-state index contributed by atoms with van der Waals surface area (Å²) in [4.78, 5) is 24.0. The van der Waals surface area contributed by atoms with E-state index in [2.05, 4.69) is 33.7 Å². The van der Waals surface area contributed by atoms with Gasteiger partial charge in [-0.05, 0) is 38.9 Å². The first kappa shape index (κ1) is 15.3. The van der Waals surface area contributed by atoms with Gasteiger partial charge in [-0.1, -0.05) is 6.07 Å². The summed E-state index contributed by atoms with van der Waals surface area (Å²) in [5, 5.41) is 0. The largest absolute Gasteiger partial charge is 0.356 e. The Balaban J connectivity index is 1.65. The Morgan fingerprint density at radius 3 is 2.82 bits per heavy atom. The Hall–Kier alpha value is -1.62. The van der Waals surface area contributed by atoms with Crippen molar-refractivity contribution in [2.75, 3.05) is 44.7 Å². The number of pyridine rings is 1. The molecule has 22 heavy (non-hydrogen) atoms. The van der Waals surface area contributed by atoms with Gasteiger partial charge >= 0.3 is 0 Å². The predicted molar refractivity (Wildman–Crippen MR) is 87.8 cm³/mol. The third-order valence-electron chi connectivity index (χ3n) is 4.86. The van der Waals surface area contributed by atoms with Gasteiger partial charge in [-0.2, -0.15) is 0 Å². The van der Waals surface area contributed by atoms with Gasteiger partial charge in [0.1, 0.15) is 5.82 Å². The molecule has 0 bridgehead atoms. The van der Waals surface area contributed by atoms with Crippen molar-refractivity contribution in [2.24, 2.45) is 5.92 Å². The fraction of sp³-hybridized carbons (Fsp3) is 0.647. The molecule has 0 aliphatic carbocycles. The number of carbonyl (C=O) groups is 1. The molecule has 2 aliphatic heterocycles. The van der Waals surface area contributed by atoms with Crippen molar-refractivity contribution in [3.05, 3.63) is 24.4 Å². The third kappa shape index (κ3) is 3.24. The maximum atomic E-state index is 12.9. The van der Waals surface area contributed by atoms with Crippen LogP contribution in [0, 0.1) is 5.92 Å². The van der Waals surface area contributed by atoms with E-state index in [0.29, 0.717) is 11.9 Å². The lowest BCUT2D eigenvalue weighted by Crippen LogP contribution is -2.56. The average molecular weight is 302 g/mol. The minimum atomic E-state index is 0.113. The molecule has 1 aromatic heterocycles. The van der Waals surface area contributed by atoms with E-state index in [9.17, 15) is 4.79 Å². The Kier molecular flexibility index (Phi) is 4.62. The van der Waals surface area contributed by atoms with Crippen LogP contribution in [0.3, 0.4) is 0 Å². The van der Waals surface area contributed by atoms with Crippen molar-refractivity contribution in [3.8, 4) is 0 Å². The second-order valence-electron chi connectivity index (χ2n) is 6.62. The minimum absolute atomic E-state index is 0.113. The van der Waals surface area contributed by atoms with Gasteiger partial charge in [0.05, 0.1) is 5.92 Å². The van der Waals surface area contributed by atoms with E-state index in [0.717, 1.165) is 51.4 Å². The average Bonchev–Trinajstić information content (AvgIpc) is 2.55. The lowest BCUT2D eigenvalue weighted by atomic mass is 9.95. The van der Waals surface area contributed by atoms with Gasteiger partial charge in [-0.3, -0.25) is 4.79 Å². The van der Waals surface area contributed by atoms with Crippen LogP contribution in [0.4, 0.5) is 5.82 Å². The maximum Gasteiger partial charge on any atom is 0.227 e. The Bertz CT molecular complexity index is 507. The number of anilines is 1. The topological polar surface area (TPSA) is 39.7 Å². The molecule has 2 fully saturated rings. The molecule has 2 atom stereocenters. The predicted octanol–water partition coefficient (Wildman–Crippen LogP) is 1.46. The van der Waals surface area contributed by atoms with Crippen LogP contribution in [0.5, 0.6) is 0 Å². The van der Waals surface area contributed by atoms with Crippen molar-refractivity contribution < 1.29 is 4.79 Å². The van der Waals surface area contributed by atoms with Gasteiger partial charge in [0, 0.05) is 45.0 Å². The lowest BCUT2D eigenvalue weighted by molar-refractivity contribution is -0.140. The fourth-order valence-electron chi connectivity index (χ4n) is 3.63. The highest BCUT2D eigenvalue weighted by Crippen LogP contribution is 2.24. The van der Waals surface area contributed by atoms with Gasteiger partial charge < -0.3 is 14.7 Å². The van der Waals surface area contributed by atoms with E-state index in [1.807, 2.05) is 24.4 Å². The SMILES string of the molecule is C[C@@H]1CN(C)CCN1C(=O)[C@H]1CCCN(c2ccccn2)C1. The number of carbonyl (C=O) groups excluding carboxylic acids is 1. The van der Waals surface area contributed by atoms with Crippen LogP contribution in [-0.4, -0.2) is 66.5 Å². The molecule has 0 radical (unpaired) electrons. The third-order valence-corrected chi connectivity index (χ3v) is 4.86. The molecule has 5 heteroatoms. The van der Waals surface area contributed by atoms with Crippen LogP contribution >= 0.6 is 0 Å². The molecule has 2 aliphatic rings. The molecule has 2 saturated heterocycles. The van der Waals surface area contributed by atoms with Crippen LogP contribution < -0.4 is 4.90 Å². The zero-order valence-electron chi connectivity index (χ0n) is 13.6. The van der Waals surface area contributed by atoms with Gasteiger partial charge in [0.15, 0.2) is 0 Å². The first-order valence-electron chi connectivity index (χ1n) is 8.30. The van der Waals surface area contributed by atoms with Crippen LogP contribution in [0.15, 0.2) is 24.4 Å². The number of hydrogen-bond acceptors (Lipinski definition) is 4. The molecule has 0 spiro atoms. The monoisotopic (exact) mass is 302 g/mol. The van der Waals surface area contributed by atoms with Crippen molar-refractivity contribution in [2.45, 2.75) is 25.8 Å². The second kappa shape index (κ2) is 6.65. The molecular formula is C17H26N4O. The molecule has 0 N–H and O–H groups in total. The van der Waals surface area contributed by atoms with E-state index in [1.54, 1.807) is 0 Å². The van der Waals surface area contributed by atoms with Gasteiger partial charge in [0.2, 0.25) is 5.91 Å². The molecule has 0 saturated carbocycles. The fourth-order valence-corrected chi connectivity index (χ4v) is 3.63. The smallest absolute Gasteiger partial charge is 0.227 e. The summed E-state index contributed by atoms with van der Waals surface area (Å²) in [7, 11) is 2.13. The number of piperidine rings is 1. The number of aromatic nitrogens is 1. The number of amides is 1. The van der Waals surface area contributed by atoms with Crippen LogP contribution in [-0.2, 0) is 4.79 Å². The van der Waals surface area contributed by atoms with Gasteiger partial charge in [-0.15, -0.1) is 0 Å². The number of nitrogens with zero attached hydrogens (tertiary/aromatic N) is 4. The minimum Gasteiger partial charge on any atom is -0.356 e. The second-order valence-corrected chi connectivity index (χ2v) is 6.62. The van der Waals surface area contributed by atoms with Crippen molar-refractivity contribution in [1.29, 1.82) is 0 Å². The van der Waals surface area contributed by atoms with Crippen molar-refractivity contribution in [1.82, 2.24) is 14.8 Å². The summed E-state index contributed by atoms with van der Waals surface area (Å²) in [6, 6.07) is 6.29. The van der Waals surface area contributed by atoms with E-state index in [-0.39, 0.29) is 5.92 Å². The van der Waals surface area contributed by atoms with Crippen LogP contribution in [0.25, 0.3) is 0 Å². The van der Waals surface area contributed by atoms with E-state index in [1.165, 1.54) is 0 Å². The first-order valence-corrected chi connectivity index (χ1v) is 8.30. The summed E-state index contributed by atoms with van der Waals surface area (Å²) in [6.07, 6.45) is 3.89. The molecule has 1 aromatic rings. The summed E-state index contributed by atoms with van der Waals surface area (Å²) >= 11 is 0. The number of piperazine rings is 1. The lowest BCUT2D eigenvalue weighted by Gasteiger charge is -2.42. The highest BCUT2D eigenvalue weighted by molar-refractivity contribution is 5.80. The summed E-state index contributed by atoms with van der Waals surface area (Å²) in [6.45, 7) is 6.77. The summed E-state index contributed by atoms with van der Waals surface area (Å²) in [5.74, 6) is 1.44. The maximum absolute atomic E-state index is 12.9. The van der Waals surface area contributed by atoms with Crippen molar-refractivity contribution in [3.63, 3.8) is 0 Å². The van der Waals surface area contributed by atoms with Crippen molar-refractivity contribution >= 4 is 11.7 Å². The summed E-state index contributed by atoms with van der Waals surface area (Å²) in [5.41, 5.74) is 0. The molecule has 120 valence electrons. The van der Waals surface area contributed by atoms with Gasteiger partial charge in [0.25, 0.3) is 0 Å². The highest BCUT2D eigenvalue weighted by Gasteiger charge is 2.33. The normalized spacial score (nSPS) is 27.0. The molecule has 0 unspecified atom stereocenters. The zero-order chi connectivity index (χ0) is 15.5. The Morgan fingerprint density at radius 2 is 2.09 bits per heavy atom. The number of hydrogen-bond donors (Lipinski definition) is 0. The van der Waals surface area contributed by atoms with E-state index >= 15 is 0 Å². The first-order chi connectivity index (χ1) is 10.6. The van der Waals surface area contributed by atoms with Crippen LogP contribution in [0.2, 0.25) is 0 Å². The molecular weight excluding hydrogens is 276 g/mol. The molecule has 3 rings (SSSR count). The quantitative estimate of drug-likeness (QED) is 0.829. The van der Waals surface area contributed by atoms with Gasteiger partial charge in [-0.25, -0.2) is 4.98 Å². The molecule has 5 nitrogen and oxygen atoms in total. The molecule has 1 amide bonds.